The summed E-state index contributed by atoms with van der Waals surface area (Å²) >= 11 is 0. The van der Waals surface area contributed by atoms with Crippen LogP contribution in [0, 0.1) is 39.0 Å². The molecule has 0 radical (unpaired) electrons. The van der Waals surface area contributed by atoms with Crippen LogP contribution >= 0.6 is 0 Å². The number of benzene rings is 8. The quantitative estimate of drug-likeness (QED) is 0.112. The first kappa shape index (κ1) is 36.6. The number of imidazole rings is 1. The molecule has 3 aromatic heterocycles. The van der Waals surface area contributed by atoms with Gasteiger partial charge < -0.3 is 13.9 Å². The summed E-state index contributed by atoms with van der Waals surface area (Å²) in [5, 5.41) is 1.53. The van der Waals surface area contributed by atoms with Crippen LogP contribution in [0.15, 0.2) is 170 Å². The van der Waals surface area contributed by atoms with Crippen LogP contribution in [-0.4, -0.2) is 14.1 Å². The first-order valence-corrected chi connectivity index (χ1v) is 24.7. The number of ether oxygens (including phenoxy) is 1. The van der Waals surface area contributed by atoms with Crippen molar-refractivity contribution in [2.75, 3.05) is 0 Å². The molecule has 0 N–H and O–H groups in total. The van der Waals surface area contributed by atoms with Crippen molar-refractivity contribution < 1.29 is 49.6 Å². The van der Waals surface area contributed by atoms with Crippen molar-refractivity contribution in [3.63, 3.8) is 0 Å². The SMILES string of the molecule is [2H]c1c([2H])c([2H])c(-c2cnc(-n3c4[c-]c(Oc5[c-]c(-n6[c-][n+](-c7c(-c8cccc(C(C)(C)C)c8)cc(C(C)(C)C)cc7C(C)(C)C)c7ccc(-c8c(C([2H])([2H])[2H])cccc8C([2H])([2H])[2H])cc76)ccc5)ccc4c4ccccc43)cc2C([2H])([2H])[2H])c([2H])c1[2H].[Pt]. The number of aromatic nitrogens is 4. The molecule has 5 nitrogen and oxygen atoms in total. The summed E-state index contributed by atoms with van der Waals surface area (Å²) in [6.45, 7) is 11.6. The third-order valence-corrected chi connectivity index (χ3v) is 13.7. The fraction of sp³-hybridized carbons (Fsp3) is 0.217. The monoisotopic (exact) mass is 1170 g/mol. The number of rotatable bonds is 8. The molecule has 0 amide bonds. The third kappa shape index (κ3) is 9.57. The molecule has 11 rings (SSSR count). The van der Waals surface area contributed by atoms with E-state index in [0.717, 1.165) is 44.3 Å². The Morgan fingerprint density at radius 1 is 0.573 bits per heavy atom. The molecule has 0 aliphatic carbocycles. The van der Waals surface area contributed by atoms with Crippen molar-refractivity contribution in [3.8, 4) is 62.1 Å². The minimum atomic E-state index is -2.81. The molecule has 0 saturated heterocycles. The third-order valence-electron chi connectivity index (χ3n) is 13.7. The summed E-state index contributed by atoms with van der Waals surface area (Å²) in [6, 6.07) is 44.8. The topological polar surface area (TPSA) is 35.9 Å². The maximum atomic E-state index is 8.69. The van der Waals surface area contributed by atoms with Crippen molar-refractivity contribution >= 4 is 32.8 Å². The molecule has 6 heteroatoms. The molecule has 0 spiro atoms. The maximum absolute atomic E-state index is 8.69. The van der Waals surface area contributed by atoms with Crippen LogP contribution in [0.5, 0.6) is 11.5 Å². The number of nitrogens with zero attached hydrogens (tertiary/aromatic N) is 4. The maximum Gasteiger partial charge on any atom is 0.268 e. The van der Waals surface area contributed by atoms with E-state index in [2.05, 4.69) is 117 Å². The largest absolute Gasteiger partial charge is 0.510 e. The van der Waals surface area contributed by atoms with Gasteiger partial charge in [0.05, 0.1) is 23.6 Å². The first-order chi connectivity index (χ1) is 41.0. The summed E-state index contributed by atoms with van der Waals surface area (Å²) in [5.74, 6) is 0.685. The Hall–Kier alpha value is -7.33. The number of hydrogen-bond donors (Lipinski definition) is 0. The van der Waals surface area contributed by atoms with E-state index in [9.17, 15) is 0 Å². The van der Waals surface area contributed by atoms with Crippen molar-refractivity contribution in [2.45, 2.75) is 99.1 Å². The Morgan fingerprint density at radius 3 is 2.03 bits per heavy atom. The van der Waals surface area contributed by atoms with Gasteiger partial charge in [-0.2, -0.15) is 18.2 Å². The Balaban J connectivity index is 0.00000873. The van der Waals surface area contributed by atoms with E-state index in [1.807, 2.05) is 57.7 Å². The molecule has 378 valence electrons. The molecule has 0 aliphatic rings. The number of hydrogen-bond acceptors (Lipinski definition) is 2. The standard InChI is InChI=1S/C69H64N4O.Pt/c1-44-21-18-22-45(2)65(44)49-31-34-61-63(37-49)71(43-72(61)66-57(48-25-19-26-50(36-48)67(4,5)6)38-51(68(7,8)9)39-59(66)69(10,11)12)52-27-20-28-53(40-52)74-54-32-33-56-55-29-16-17-30-60(55)73(62(56)41-54)64-35-46(3)58(42-70-64)47-23-14-13-15-24-47;/h13-39,42H,1-12H3;/q-2;/i1D3,2D3,3D3,13D,14D,15D,23D,24D;. The Bertz CT molecular complexity index is 4570. The van der Waals surface area contributed by atoms with Crippen molar-refractivity contribution in [1.29, 1.82) is 0 Å². The van der Waals surface area contributed by atoms with Gasteiger partial charge in [0.2, 0.25) is 0 Å². The molecule has 0 unspecified atom stereocenters. The average Bonchev–Trinajstić information content (AvgIpc) is 1.93. The summed E-state index contributed by atoms with van der Waals surface area (Å²) in [6.07, 6.45) is 4.97. The van der Waals surface area contributed by atoms with E-state index in [0.29, 0.717) is 33.3 Å². The Morgan fingerprint density at radius 2 is 1.29 bits per heavy atom. The normalized spacial score (nSPS) is 15.4. The Kier molecular flexibility index (Phi) is 9.47. The molecule has 0 saturated carbocycles. The fourth-order valence-corrected chi connectivity index (χ4v) is 9.79. The molecule has 0 bridgehead atoms. The van der Waals surface area contributed by atoms with E-state index < -0.39 is 56.2 Å². The van der Waals surface area contributed by atoms with Crippen molar-refractivity contribution in [1.82, 2.24) is 14.1 Å². The minimum Gasteiger partial charge on any atom is -0.510 e. The second-order valence-corrected chi connectivity index (χ2v) is 22.0. The molecule has 75 heavy (non-hydrogen) atoms. The van der Waals surface area contributed by atoms with Gasteiger partial charge in [-0.1, -0.05) is 183 Å². The van der Waals surface area contributed by atoms with Gasteiger partial charge in [-0.3, -0.25) is 4.57 Å². The van der Waals surface area contributed by atoms with E-state index in [4.69, 9.17) is 28.9 Å². The molecule has 3 heterocycles. The summed E-state index contributed by atoms with van der Waals surface area (Å²) in [7, 11) is 0. The molecule has 0 aliphatic heterocycles. The fourth-order valence-electron chi connectivity index (χ4n) is 9.79. The van der Waals surface area contributed by atoms with E-state index in [1.165, 1.54) is 30.5 Å². The zero-order chi connectivity index (χ0) is 63.7. The van der Waals surface area contributed by atoms with Crippen LogP contribution in [0.1, 0.15) is 115 Å². The Labute approximate surface area is 477 Å². The van der Waals surface area contributed by atoms with Gasteiger partial charge in [-0.15, -0.1) is 29.7 Å². The van der Waals surface area contributed by atoms with Gasteiger partial charge in [0.15, 0.2) is 0 Å². The van der Waals surface area contributed by atoms with Gasteiger partial charge in [-0.05, 0) is 127 Å². The van der Waals surface area contributed by atoms with Crippen molar-refractivity contribution in [2.24, 2.45) is 0 Å². The van der Waals surface area contributed by atoms with Crippen LogP contribution in [-0.2, 0) is 37.3 Å². The molecule has 0 fully saturated rings. The predicted molar refractivity (Wildman–Crippen MR) is 307 cm³/mol. The summed E-state index contributed by atoms with van der Waals surface area (Å²) < 4.78 is 132. The zero-order valence-electron chi connectivity index (χ0n) is 57.3. The van der Waals surface area contributed by atoms with Crippen molar-refractivity contribution in [3.05, 3.63) is 222 Å². The van der Waals surface area contributed by atoms with Gasteiger partial charge >= 0.3 is 0 Å². The number of para-hydroxylation sites is 1. The molecular weight excluding hydrogens is 1100 g/mol. The van der Waals surface area contributed by atoms with E-state index in [1.54, 1.807) is 28.8 Å². The van der Waals surface area contributed by atoms with Crippen LogP contribution in [0.4, 0.5) is 0 Å². The van der Waals surface area contributed by atoms with Gasteiger partial charge in [-0.25, -0.2) is 4.98 Å². The predicted octanol–water partition coefficient (Wildman–Crippen LogP) is 17.4. The first-order valence-electron chi connectivity index (χ1n) is 31.7. The van der Waals surface area contributed by atoms with Crippen LogP contribution in [0.25, 0.3) is 83.4 Å². The molecule has 0 atom stereocenters. The molecule has 8 aromatic carbocycles. The average molecular weight is 1170 g/mol. The minimum absolute atomic E-state index is 0. The van der Waals surface area contributed by atoms with E-state index >= 15 is 0 Å². The van der Waals surface area contributed by atoms with Gasteiger partial charge in [0, 0.05) is 62.2 Å². The van der Waals surface area contributed by atoms with Crippen LogP contribution < -0.4 is 9.30 Å². The van der Waals surface area contributed by atoms with Gasteiger partial charge in [0.25, 0.3) is 6.33 Å². The molecular formula is C69H64N4OPt-2. The van der Waals surface area contributed by atoms with Gasteiger partial charge in [0.1, 0.15) is 5.82 Å². The zero-order valence-corrected chi connectivity index (χ0v) is 45.6. The summed E-state index contributed by atoms with van der Waals surface area (Å²) in [4.78, 5) is 4.72. The summed E-state index contributed by atoms with van der Waals surface area (Å²) in [5.41, 5.74) is 7.72. The smallest absolute Gasteiger partial charge is 0.268 e. The molecule has 11 aromatic rings. The number of aryl methyl sites for hydroxylation is 3. The van der Waals surface area contributed by atoms with Crippen LogP contribution in [0.2, 0.25) is 0 Å². The number of fused-ring (bicyclic) bond motifs is 4. The second-order valence-electron chi connectivity index (χ2n) is 22.0. The van der Waals surface area contributed by atoms with E-state index in [-0.39, 0.29) is 82.6 Å². The van der Waals surface area contributed by atoms with Crippen LogP contribution in [0.3, 0.4) is 0 Å². The number of pyridine rings is 1. The second kappa shape index (κ2) is 19.4.